The van der Waals surface area contributed by atoms with E-state index in [0.29, 0.717) is 11.6 Å². The van der Waals surface area contributed by atoms with E-state index in [9.17, 15) is 0 Å². The Bertz CT molecular complexity index is 514. The van der Waals surface area contributed by atoms with Crippen molar-refractivity contribution in [2.45, 2.75) is 6.92 Å². The van der Waals surface area contributed by atoms with Crippen molar-refractivity contribution in [3.63, 3.8) is 0 Å². The van der Waals surface area contributed by atoms with E-state index >= 15 is 0 Å². The van der Waals surface area contributed by atoms with Crippen LogP contribution in [0, 0.1) is 10.5 Å². The molecule has 0 spiro atoms. The molecule has 2 rings (SSSR count). The van der Waals surface area contributed by atoms with Gasteiger partial charge in [-0.15, -0.1) is 0 Å². The number of nitrogen functional groups attached to an aromatic ring is 1. The molecule has 2 aromatic rings. The van der Waals surface area contributed by atoms with Gasteiger partial charge in [0.05, 0.1) is 3.57 Å². The molecule has 82 valence electrons. The molecule has 3 nitrogen and oxygen atoms in total. The molecule has 0 saturated heterocycles. The van der Waals surface area contributed by atoms with E-state index in [-0.39, 0.29) is 0 Å². The number of nitrogens with zero attached hydrogens (tertiary/aromatic N) is 1. The van der Waals surface area contributed by atoms with Crippen molar-refractivity contribution in [2.24, 2.45) is 0 Å². The van der Waals surface area contributed by atoms with Crippen LogP contribution in [0.2, 0.25) is 0 Å². The van der Waals surface area contributed by atoms with Crippen LogP contribution < -0.4 is 10.5 Å². The summed E-state index contributed by atoms with van der Waals surface area (Å²) in [4.78, 5) is 4.17. The lowest BCUT2D eigenvalue weighted by Crippen LogP contribution is -1.94. The quantitative estimate of drug-likeness (QED) is 0.861. The van der Waals surface area contributed by atoms with Crippen molar-refractivity contribution in [3.8, 4) is 11.6 Å². The maximum Gasteiger partial charge on any atom is 0.221 e. The minimum Gasteiger partial charge on any atom is -0.438 e. The molecule has 2 N–H and O–H groups in total. The Hall–Kier alpha value is -1.30. The zero-order valence-electron chi connectivity index (χ0n) is 8.77. The highest BCUT2D eigenvalue weighted by molar-refractivity contribution is 14.1. The van der Waals surface area contributed by atoms with E-state index in [4.69, 9.17) is 10.5 Å². The minimum atomic E-state index is 0.521. The van der Waals surface area contributed by atoms with Gasteiger partial charge in [0.25, 0.3) is 0 Å². The van der Waals surface area contributed by atoms with Crippen molar-refractivity contribution in [2.75, 3.05) is 5.73 Å². The van der Waals surface area contributed by atoms with Crippen LogP contribution in [-0.4, -0.2) is 4.98 Å². The van der Waals surface area contributed by atoms with Gasteiger partial charge in [-0.2, -0.15) is 0 Å². The van der Waals surface area contributed by atoms with Gasteiger partial charge in [-0.3, -0.25) is 0 Å². The summed E-state index contributed by atoms with van der Waals surface area (Å²) in [5.41, 5.74) is 7.43. The van der Waals surface area contributed by atoms with Gasteiger partial charge in [0.2, 0.25) is 5.88 Å². The predicted molar refractivity (Wildman–Crippen MR) is 72.6 cm³/mol. The summed E-state index contributed by atoms with van der Waals surface area (Å²) in [6.07, 6.45) is 1.71. The van der Waals surface area contributed by atoms with Crippen LogP contribution in [0.25, 0.3) is 0 Å². The molecule has 0 aliphatic carbocycles. The summed E-state index contributed by atoms with van der Waals surface area (Å²) < 4.78 is 6.69. The van der Waals surface area contributed by atoms with Crippen LogP contribution in [0.15, 0.2) is 36.5 Å². The van der Waals surface area contributed by atoms with Crippen LogP contribution >= 0.6 is 22.6 Å². The molecule has 0 saturated carbocycles. The number of aryl methyl sites for hydroxylation is 1. The Morgan fingerprint density at radius 3 is 2.75 bits per heavy atom. The molecule has 1 aromatic heterocycles. The summed E-state index contributed by atoms with van der Waals surface area (Å²) >= 11 is 2.22. The van der Waals surface area contributed by atoms with E-state index in [0.717, 1.165) is 14.9 Å². The summed E-state index contributed by atoms with van der Waals surface area (Å²) in [5, 5.41) is 0. The maximum absolute atomic E-state index is 5.79. The fourth-order valence-corrected chi connectivity index (χ4v) is 1.71. The van der Waals surface area contributed by atoms with Crippen LogP contribution in [0.3, 0.4) is 0 Å². The highest BCUT2D eigenvalue weighted by Crippen LogP contribution is 2.26. The zero-order chi connectivity index (χ0) is 11.5. The Morgan fingerprint density at radius 1 is 1.31 bits per heavy atom. The fraction of sp³-hybridized carbons (Fsp3) is 0.0833. The third-order valence-electron chi connectivity index (χ3n) is 2.17. The molecule has 0 atom stereocenters. The molecule has 0 aliphatic rings. The fourth-order valence-electron chi connectivity index (χ4n) is 1.22. The molecule has 0 fully saturated rings. The van der Waals surface area contributed by atoms with Crippen molar-refractivity contribution in [1.29, 1.82) is 0 Å². The number of halogens is 1. The van der Waals surface area contributed by atoms with Crippen LogP contribution in [-0.2, 0) is 0 Å². The third-order valence-corrected chi connectivity index (χ3v) is 3.06. The monoisotopic (exact) mass is 326 g/mol. The molecule has 0 radical (unpaired) electrons. The molecular weight excluding hydrogens is 315 g/mol. The Balaban J connectivity index is 2.28. The second-order valence-corrected chi connectivity index (χ2v) is 4.57. The molecular formula is C12H11IN2O. The minimum absolute atomic E-state index is 0.521. The molecule has 0 aliphatic heterocycles. The molecule has 1 heterocycles. The first kappa shape index (κ1) is 11.2. The number of rotatable bonds is 2. The topological polar surface area (TPSA) is 48.1 Å². The lowest BCUT2D eigenvalue weighted by atomic mass is 10.3. The van der Waals surface area contributed by atoms with Crippen molar-refractivity contribution >= 4 is 28.3 Å². The van der Waals surface area contributed by atoms with E-state index in [2.05, 4.69) is 27.6 Å². The number of anilines is 1. The van der Waals surface area contributed by atoms with Gasteiger partial charge >= 0.3 is 0 Å². The van der Waals surface area contributed by atoms with Gasteiger partial charge in [0, 0.05) is 18.0 Å². The van der Waals surface area contributed by atoms with Gasteiger partial charge in [-0.05, 0) is 47.2 Å². The van der Waals surface area contributed by atoms with Crippen molar-refractivity contribution in [1.82, 2.24) is 4.98 Å². The van der Waals surface area contributed by atoms with Crippen molar-refractivity contribution < 1.29 is 4.74 Å². The number of hydrogen-bond acceptors (Lipinski definition) is 3. The Kier molecular flexibility index (Phi) is 3.28. The Morgan fingerprint density at radius 2 is 2.06 bits per heavy atom. The van der Waals surface area contributed by atoms with Gasteiger partial charge < -0.3 is 10.5 Å². The molecule has 0 amide bonds. The normalized spacial score (nSPS) is 10.1. The largest absolute Gasteiger partial charge is 0.438 e. The second kappa shape index (κ2) is 4.69. The standard InChI is InChI=1S/C12H11IN2O/c1-8-7-15-12(6-10(8)14)16-11-5-3-2-4-9(11)13/h2-7H,1H3,(H2,14,15). The molecule has 16 heavy (non-hydrogen) atoms. The van der Waals surface area contributed by atoms with Gasteiger partial charge in [-0.25, -0.2) is 4.98 Å². The number of aromatic nitrogens is 1. The lowest BCUT2D eigenvalue weighted by molar-refractivity contribution is 0.460. The summed E-state index contributed by atoms with van der Waals surface area (Å²) in [7, 11) is 0. The molecule has 1 aromatic carbocycles. The molecule has 0 unspecified atom stereocenters. The number of nitrogens with two attached hydrogens (primary N) is 1. The number of hydrogen-bond donors (Lipinski definition) is 1. The second-order valence-electron chi connectivity index (χ2n) is 3.41. The third kappa shape index (κ3) is 2.44. The van der Waals surface area contributed by atoms with Crippen LogP contribution in [0.4, 0.5) is 5.69 Å². The first-order chi connectivity index (χ1) is 7.66. The predicted octanol–water partition coefficient (Wildman–Crippen LogP) is 3.37. The number of benzene rings is 1. The average Bonchev–Trinajstić information content (AvgIpc) is 2.27. The SMILES string of the molecule is Cc1cnc(Oc2ccccc2I)cc1N. The maximum atomic E-state index is 5.79. The summed E-state index contributed by atoms with van der Waals surface area (Å²) in [6.45, 7) is 1.92. The Labute approximate surface area is 108 Å². The summed E-state index contributed by atoms with van der Waals surface area (Å²) in [6, 6.07) is 9.51. The van der Waals surface area contributed by atoms with E-state index in [1.54, 1.807) is 12.3 Å². The van der Waals surface area contributed by atoms with E-state index < -0.39 is 0 Å². The van der Waals surface area contributed by atoms with Gasteiger partial charge in [0.15, 0.2) is 0 Å². The average molecular weight is 326 g/mol. The van der Waals surface area contributed by atoms with E-state index in [1.165, 1.54) is 0 Å². The van der Waals surface area contributed by atoms with E-state index in [1.807, 2.05) is 31.2 Å². The first-order valence-corrected chi connectivity index (χ1v) is 5.89. The van der Waals surface area contributed by atoms with Gasteiger partial charge in [-0.1, -0.05) is 12.1 Å². The molecule has 0 bridgehead atoms. The zero-order valence-corrected chi connectivity index (χ0v) is 10.9. The first-order valence-electron chi connectivity index (χ1n) is 4.81. The summed E-state index contributed by atoms with van der Waals surface area (Å²) in [5.74, 6) is 1.31. The number of para-hydroxylation sites is 1. The molecule has 4 heteroatoms. The lowest BCUT2D eigenvalue weighted by Gasteiger charge is -2.07. The number of ether oxygens (including phenoxy) is 1. The smallest absolute Gasteiger partial charge is 0.221 e. The highest BCUT2D eigenvalue weighted by atomic mass is 127. The van der Waals surface area contributed by atoms with Crippen molar-refractivity contribution in [3.05, 3.63) is 45.7 Å². The van der Waals surface area contributed by atoms with Crippen LogP contribution in [0.1, 0.15) is 5.56 Å². The highest BCUT2D eigenvalue weighted by Gasteiger charge is 2.03. The van der Waals surface area contributed by atoms with Gasteiger partial charge in [0.1, 0.15) is 5.75 Å². The number of pyridine rings is 1. The van der Waals surface area contributed by atoms with Crippen LogP contribution in [0.5, 0.6) is 11.6 Å².